The van der Waals surface area contributed by atoms with E-state index in [4.69, 9.17) is 4.42 Å². The number of urea groups is 1. The number of carbonyl (C=O) groups is 1. The summed E-state index contributed by atoms with van der Waals surface area (Å²) < 4.78 is 5.28. The van der Waals surface area contributed by atoms with E-state index in [2.05, 4.69) is 15.6 Å². The van der Waals surface area contributed by atoms with Crippen LogP contribution in [0.5, 0.6) is 0 Å². The van der Waals surface area contributed by atoms with Crippen molar-refractivity contribution in [3.05, 3.63) is 24.6 Å². The lowest BCUT2D eigenvalue weighted by molar-refractivity contribution is 0.218. The van der Waals surface area contributed by atoms with Crippen LogP contribution in [-0.2, 0) is 0 Å². The first kappa shape index (κ1) is 12.2. The molecule has 0 aliphatic rings. The van der Waals surface area contributed by atoms with Crippen molar-refractivity contribution in [2.45, 2.75) is 0 Å². The third-order valence-electron chi connectivity index (χ3n) is 2.48. The van der Waals surface area contributed by atoms with Crippen LogP contribution in [0.2, 0.25) is 0 Å². The Morgan fingerprint density at radius 1 is 1.39 bits per heavy atom. The van der Waals surface area contributed by atoms with Gasteiger partial charge in [-0.15, -0.1) is 0 Å². The quantitative estimate of drug-likeness (QED) is 0.805. The van der Waals surface area contributed by atoms with Crippen LogP contribution in [0.1, 0.15) is 0 Å². The molecule has 6 nitrogen and oxygen atoms in total. The number of amides is 2. The van der Waals surface area contributed by atoms with Gasteiger partial charge in [-0.1, -0.05) is 0 Å². The summed E-state index contributed by atoms with van der Waals surface area (Å²) in [6, 6.07) is 3.57. The van der Waals surface area contributed by atoms with Crippen LogP contribution in [0.15, 0.2) is 29.0 Å². The van der Waals surface area contributed by atoms with Gasteiger partial charge in [0.2, 0.25) is 0 Å². The summed E-state index contributed by atoms with van der Waals surface area (Å²) in [6.45, 7) is 1.14. The average molecular weight is 248 g/mol. The second-order valence-electron chi connectivity index (χ2n) is 4.05. The highest BCUT2D eigenvalue weighted by molar-refractivity contribution is 5.87. The molecule has 0 fully saturated rings. The Morgan fingerprint density at radius 3 is 3.00 bits per heavy atom. The van der Waals surface area contributed by atoms with Crippen LogP contribution in [0.25, 0.3) is 11.0 Å². The van der Waals surface area contributed by atoms with Gasteiger partial charge in [-0.3, -0.25) is 0 Å². The number of pyridine rings is 1. The fourth-order valence-electron chi connectivity index (χ4n) is 1.54. The zero-order valence-electron chi connectivity index (χ0n) is 10.4. The highest BCUT2D eigenvalue weighted by atomic mass is 16.3. The van der Waals surface area contributed by atoms with E-state index in [0.29, 0.717) is 13.1 Å². The Kier molecular flexibility index (Phi) is 3.66. The van der Waals surface area contributed by atoms with Crippen molar-refractivity contribution in [3.63, 3.8) is 0 Å². The van der Waals surface area contributed by atoms with Gasteiger partial charge in [0.05, 0.1) is 11.6 Å². The summed E-state index contributed by atoms with van der Waals surface area (Å²) in [5.74, 6) is 0.764. The van der Waals surface area contributed by atoms with E-state index < -0.39 is 0 Å². The Morgan fingerprint density at radius 2 is 2.22 bits per heavy atom. The van der Waals surface area contributed by atoms with Crippen LogP contribution in [0.3, 0.4) is 0 Å². The molecule has 0 saturated carbocycles. The number of fused-ring (bicyclic) bond motifs is 1. The summed E-state index contributed by atoms with van der Waals surface area (Å²) in [6.07, 6.45) is 3.32. The van der Waals surface area contributed by atoms with Gasteiger partial charge in [0.25, 0.3) is 0 Å². The maximum absolute atomic E-state index is 11.3. The molecule has 0 aliphatic carbocycles. The molecule has 0 saturated heterocycles. The molecule has 0 aliphatic heterocycles. The highest BCUT2D eigenvalue weighted by Gasteiger charge is 2.04. The third kappa shape index (κ3) is 2.71. The summed E-state index contributed by atoms with van der Waals surface area (Å²) in [5.41, 5.74) is 0.796. The van der Waals surface area contributed by atoms with Crippen molar-refractivity contribution < 1.29 is 9.21 Å². The Bertz CT molecular complexity index is 536. The molecular weight excluding hydrogens is 232 g/mol. The van der Waals surface area contributed by atoms with Crippen molar-refractivity contribution in [1.82, 2.24) is 15.2 Å². The molecule has 0 unspecified atom stereocenters. The van der Waals surface area contributed by atoms with Gasteiger partial charge < -0.3 is 20.0 Å². The molecule has 0 bridgehead atoms. The van der Waals surface area contributed by atoms with Crippen LogP contribution < -0.4 is 10.6 Å². The van der Waals surface area contributed by atoms with E-state index in [1.165, 1.54) is 4.90 Å². The Hall–Kier alpha value is -2.24. The summed E-state index contributed by atoms with van der Waals surface area (Å²) >= 11 is 0. The van der Waals surface area contributed by atoms with E-state index in [1.54, 1.807) is 26.6 Å². The number of aromatic nitrogens is 1. The molecule has 18 heavy (non-hydrogen) atoms. The van der Waals surface area contributed by atoms with E-state index in [9.17, 15) is 4.79 Å². The normalized spacial score (nSPS) is 10.3. The van der Waals surface area contributed by atoms with Crippen molar-refractivity contribution in [1.29, 1.82) is 0 Å². The summed E-state index contributed by atoms with van der Waals surface area (Å²) in [4.78, 5) is 17.0. The Balaban J connectivity index is 1.87. The zero-order valence-corrected chi connectivity index (χ0v) is 10.4. The lowest BCUT2D eigenvalue weighted by Crippen LogP contribution is -2.37. The molecule has 2 amide bonds. The Labute approximate surface area is 105 Å². The van der Waals surface area contributed by atoms with Gasteiger partial charge in [0, 0.05) is 33.4 Å². The predicted molar refractivity (Wildman–Crippen MR) is 69.6 cm³/mol. The number of carbonyl (C=O) groups excluding carboxylic acids is 1. The van der Waals surface area contributed by atoms with Gasteiger partial charge in [0.15, 0.2) is 0 Å². The number of nitrogens with zero attached hydrogens (tertiary/aromatic N) is 2. The lowest BCUT2D eigenvalue weighted by Gasteiger charge is -2.12. The molecule has 2 aromatic rings. The fourth-order valence-corrected chi connectivity index (χ4v) is 1.54. The number of hydrogen-bond acceptors (Lipinski definition) is 4. The largest absolute Gasteiger partial charge is 0.464 e. The second-order valence-corrected chi connectivity index (χ2v) is 4.05. The topological polar surface area (TPSA) is 70.4 Å². The van der Waals surface area contributed by atoms with Crippen LogP contribution in [0, 0.1) is 0 Å². The predicted octanol–water partition coefficient (Wildman–Crippen LogP) is 1.51. The van der Waals surface area contributed by atoms with E-state index >= 15 is 0 Å². The van der Waals surface area contributed by atoms with Gasteiger partial charge in [0.1, 0.15) is 11.4 Å². The standard InChI is InChI=1S/C12H16N4O2/c1-16(2)12(17)15-7-6-14-11-9-4-8-18-10(9)3-5-13-11/h3-5,8H,6-7H2,1-2H3,(H,13,14)(H,15,17). The molecule has 6 heteroatoms. The van der Waals surface area contributed by atoms with Crippen LogP contribution in [-0.4, -0.2) is 43.1 Å². The van der Waals surface area contributed by atoms with Crippen LogP contribution >= 0.6 is 0 Å². The number of rotatable bonds is 4. The van der Waals surface area contributed by atoms with Crippen molar-refractivity contribution in [3.8, 4) is 0 Å². The molecular formula is C12H16N4O2. The minimum absolute atomic E-state index is 0.105. The number of hydrogen-bond donors (Lipinski definition) is 2. The number of anilines is 1. The molecule has 0 aromatic carbocycles. The smallest absolute Gasteiger partial charge is 0.316 e. The van der Waals surface area contributed by atoms with Gasteiger partial charge in [-0.05, 0) is 12.1 Å². The second kappa shape index (κ2) is 5.39. The van der Waals surface area contributed by atoms with E-state index in [0.717, 1.165) is 16.8 Å². The van der Waals surface area contributed by atoms with Crippen molar-refractivity contribution in [2.24, 2.45) is 0 Å². The first-order valence-electron chi connectivity index (χ1n) is 5.69. The molecule has 2 aromatic heterocycles. The van der Waals surface area contributed by atoms with E-state index in [-0.39, 0.29) is 6.03 Å². The molecule has 2 rings (SSSR count). The van der Waals surface area contributed by atoms with Gasteiger partial charge in [-0.2, -0.15) is 0 Å². The minimum atomic E-state index is -0.105. The summed E-state index contributed by atoms with van der Waals surface area (Å²) in [7, 11) is 3.41. The molecule has 2 heterocycles. The molecule has 0 spiro atoms. The molecule has 0 radical (unpaired) electrons. The summed E-state index contributed by atoms with van der Waals surface area (Å²) in [5, 5.41) is 6.87. The molecule has 96 valence electrons. The minimum Gasteiger partial charge on any atom is -0.464 e. The van der Waals surface area contributed by atoms with Crippen molar-refractivity contribution in [2.75, 3.05) is 32.5 Å². The first-order chi connectivity index (χ1) is 8.68. The number of furan rings is 1. The number of nitrogens with one attached hydrogen (secondary N) is 2. The maximum atomic E-state index is 11.3. The third-order valence-corrected chi connectivity index (χ3v) is 2.48. The fraction of sp³-hybridized carbons (Fsp3) is 0.333. The van der Waals surface area contributed by atoms with Gasteiger partial charge in [-0.25, -0.2) is 9.78 Å². The first-order valence-corrected chi connectivity index (χ1v) is 5.69. The van der Waals surface area contributed by atoms with E-state index in [1.807, 2.05) is 12.1 Å². The monoisotopic (exact) mass is 248 g/mol. The maximum Gasteiger partial charge on any atom is 0.316 e. The highest BCUT2D eigenvalue weighted by Crippen LogP contribution is 2.21. The SMILES string of the molecule is CN(C)C(=O)NCCNc1nccc2occc12. The van der Waals surface area contributed by atoms with Gasteiger partial charge >= 0.3 is 6.03 Å². The lowest BCUT2D eigenvalue weighted by atomic mass is 10.3. The average Bonchev–Trinajstić information content (AvgIpc) is 2.83. The molecule has 0 atom stereocenters. The molecule has 2 N–H and O–H groups in total. The van der Waals surface area contributed by atoms with Crippen molar-refractivity contribution >= 4 is 22.8 Å². The zero-order chi connectivity index (χ0) is 13.0. The van der Waals surface area contributed by atoms with Crippen LogP contribution in [0.4, 0.5) is 10.6 Å².